The predicted octanol–water partition coefficient (Wildman–Crippen LogP) is 2.07. The van der Waals surface area contributed by atoms with E-state index in [2.05, 4.69) is 19.9 Å². The summed E-state index contributed by atoms with van der Waals surface area (Å²) in [4.78, 5) is 18.3. The van der Waals surface area contributed by atoms with Crippen LogP contribution >= 0.6 is 0 Å². The van der Waals surface area contributed by atoms with Crippen LogP contribution in [-0.4, -0.2) is 50.8 Å². The van der Waals surface area contributed by atoms with Crippen molar-refractivity contribution >= 4 is 17.1 Å². The van der Waals surface area contributed by atoms with Gasteiger partial charge >= 0.3 is 6.18 Å². The molecule has 0 aromatic carbocycles. The van der Waals surface area contributed by atoms with Gasteiger partial charge in [-0.05, 0) is 12.1 Å². The molecule has 4 rings (SSSR count). The smallest absolute Gasteiger partial charge is 0.378 e. The Balaban J connectivity index is 1.77. The van der Waals surface area contributed by atoms with Crippen LogP contribution in [0.25, 0.3) is 16.9 Å². The third kappa shape index (κ3) is 3.00. The first-order chi connectivity index (χ1) is 12.0. The number of nitrogens with zero attached hydrogens (tertiary/aromatic N) is 6. The van der Waals surface area contributed by atoms with Gasteiger partial charge in [0.25, 0.3) is 0 Å². The number of rotatable bonds is 2. The summed E-state index contributed by atoms with van der Waals surface area (Å²) >= 11 is 0. The number of fused-ring (bicyclic) bond motifs is 1. The normalized spacial score (nSPS) is 15.7. The van der Waals surface area contributed by atoms with Crippen LogP contribution in [0.1, 0.15) is 5.69 Å². The summed E-state index contributed by atoms with van der Waals surface area (Å²) in [5.41, 5.74) is 0.268. The molecule has 1 fully saturated rings. The quantitative estimate of drug-likeness (QED) is 0.705. The van der Waals surface area contributed by atoms with Gasteiger partial charge in [0.15, 0.2) is 5.65 Å². The molecule has 130 valence electrons. The van der Waals surface area contributed by atoms with Gasteiger partial charge < -0.3 is 9.64 Å². The molecule has 0 amide bonds. The van der Waals surface area contributed by atoms with E-state index in [4.69, 9.17) is 4.74 Å². The minimum Gasteiger partial charge on any atom is -0.378 e. The third-order valence-electron chi connectivity index (χ3n) is 3.88. The highest BCUT2D eigenvalue weighted by Gasteiger charge is 2.32. The Hall–Kier alpha value is -2.75. The maximum atomic E-state index is 12.9. The zero-order valence-electron chi connectivity index (χ0n) is 12.9. The van der Waals surface area contributed by atoms with E-state index >= 15 is 0 Å². The monoisotopic (exact) mass is 350 g/mol. The lowest BCUT2D eigenvalue weighted by molar-refractivity contribution is -0.141. The minimum absolute atomic E-state index is 0.288. The van der Waals surface area contributed by atoms with Gasteiger partial charge in [-0.15, -0.1) is 0 Å². The fraction of sp³-hybridized carbons (Fsp3) is 0.333. The van der Waals surface area contributed by atoms with Gasteiger partial charge in [-0.2, -0.15) is 18.2 Å². The molecule has 0 radical (unpaired) electrons. The Kier molecular flexibility index (Phi) is 3.75. The Morgan fingerprint density at radius 2 is 1.88 bits per heavy atom. The van der Waals surface area contributed by atoms with Gasteiger partial charge in [0.05, 0.1) is 25.1 Å². The van der Waals surface area contributed by atoms with E-state index in [1.165, 1.54) is 17.0 Å². The van der Waals surface area contributed by atoms with Crippen molar-refractivity contribution in [3.8, 4) is 5.69 Å². The maximum absolute atomic E-state index is 12.9. The molecular formula is C15H13F3N6O. The summed E-state index contributed by atoms with van der Waals surface area (Å²) < 4.78 is 45.5. The van der Waals surface area contributed by atoms with E-state index < -0.39 is 11.9 Å². The molecule has 7 nitrogen and oxygen atoms in total. The van der Waals surface area contributed by atoms with E-state index in [1.807, 2.05) is 4.90 Å². The lowest BCUT2D eigenvalue weighted by Gasteiger charge is -2.26. The maximum Gasteiger partial charge on any atom is 0.433 e. The molecule has 10 heteroatoms. The SMILES string of the molecule is FC(F)(F)c1cc(-n2cnc3cnc(N4CCOCC4)nc32)ccn1. The Bertz CT molecular complexity index is 904. The van der Waals surface area contributed by atoms with E-state index in [1.54, 1.807) is 6.20 Å². The summed E-state index contributed by atoms with van der Waals surface area (Å²) in [6, 6.07) is 2.45. The van der Waals surface area contributed by atoms with E-state index in [9.17, 15) is 13.2 Å². The number of imidazole rings is 1. The van der Waals surface area contributed by atoms with Crippen molar-refractivity contribution in [2.45, 2.75) is 6.18 Å². The standard InChI is InChI=1S/C15H13F3N6O/c16-15(17,18)12-7-10(1-2-19-12)24-9-21-11-8-20-14(22-13(11)24)23-3-5-25-6-4-23/h1-2,7-9H,3-6H2. The number of halogens is 3. The van der Waals surface area contributed by atoms with Crippen LogP contribution in [0.15, 0.2) is 30.9 Å². The molecule has 3 aromatic heterocycles. The molecule has 0 spiro atoms. The van der Waals surface area contributed by atoms with Crippen molar-refractivity contribution in [2.75, 3.05) is 31.2 Å². The number of pyridine rings is 1. The zero-order valence-corrected chi connectivity index (χ0v) is 12.9. The highest BCUT2D eigenvalue weighted by atomic mass is 19.4. The van der Waals surface area contributed by atoms with Gasteiger partial charge in [-0.1, -0.05) is 0 Å². The number of alkyl halides is 3. The van der Waals surface area contributed by atoms with Crippen LogP contribution in [0.5, 0.6) is 0 Å². The van der Waals surface area contributed by atoms with Crippen molar-refractivity contribution in [3.05, 3.63) is 36.5 Å². The van der Waals surface area contributed by atoms with Crippen LogP contribution in [0.3, 0.4) is 0 Å². The molecule has 0 unspecified atom stereocenters. The van der Waals surface area contributed by atoms with E-state index in [0.29, 0.717) is 43.4 Å². The summed E-state index contributed by atoms with van der Waals surface area (Å²) in [5, 5.41) is 0. The molecule has 0 bridgehead atoms. The van der Waals surface area contributed by atoms with Crippen LogP contribution in [0, 0.1) is 0 Å². The Labute approximate surface area is 140 Å². The second kappa shape index (κ2) is 5.96. The Morgan fingerprint density at radius 3 is 2.64 bits per heavy atom. The van der Waals surface area contributed by atoms with Crippen molar-refractivity contribution in [2.24, 2.45) is 0 Å². The van der Waals surface area contributed by atoms with Crippen molar-refractivity contribution < 1.29 is 17.9 Å². The van der Waals surface area contributed by atoms with E-state index in [-0.39, 0.29) is 5.69 Å². The summed E-state index contributed by atoms with van der Waals surface area (Å²) in [7, 11) is 0. The molecular weight excluding hydrogens is 337 g/mol. The van der Waals surface area contributed by atoms with Gasteiger partial charge in [0.1, 0.15) is 17.5 Å². The van der Waals surface area contributed by atoms with Crippen molar-refractivity contribution in [1.29, 1.82) is 0 Å². The minimum atomic E-state index is -4.51. The number of ether oxygens (including phenoxy) is 1. The molecule has 0 saturated carbocycles. The summed E-state index contributed by atoms with van der Waals surface area (Å²) in [6.07, 6.45) is -0.401. The van der Waals surface area contributed by atoms with Crippen molar-refractivity contribution in [3.63, 3.8) is 0 Å². The molecule has 1 aliphatic rings. The molecule has 0 aliphatic carbocycles. The molecule has 1 saturated heterocycles. The summed E-state index contributed by atoms with van der Waals surface area (Å²) in [6.45, 7) is 2.49. The number of hydrogen-bond donors (Lipinski definition) is 0. The van der Waals surface area contributed by atoms with Crippen LogP contribution in [-0.2, 0) is 10.9 Å². The number of aromatic nitrogens is 5. The second-order valence-corrected chi connectivity index (χ2v) is 5.49. The average Bonchev–Trinajstić information content (AvgIpc) is 3.05. The molecule has 3 aromatic rings. The summed E-state index contributed by atoms with van der Waals surface area (Å²) in [5.74, 6) is 0.502. The third-order valence-corrected chi connectivity index (χ3v) is 3.88. The van der Waals surface area contributed by atoms with Gasteiger partial charge in [-0.25, -0.2) is 9.97 Å². The predicted molar refractivity (Wildman–Crippen MR) is 82.5 cm³/mol. The molecule has 4 heterocycles. The second-order valence-electron chi connectivity index (χ2n) is 5.49. The van der Waals surface area contributed by atoms with Crippen LogP contribution in [0.2, 0.25) is 0 Å². The molecule has 0 N–H and O–H groups in total. The first-order valence-corrected chi connectivity index (χ1v) is 7.59. The number of anilines is 1. The van der Waals surface area contributed by atoms with Gasteiger partial charge in [0.2, 0.25) is 5.95 Å². The van der Waals surface area contributed by atoms with Gasteiger partial charge in [0, 0.05) is 19.3 Å². The van der Waals surface area contributed by atoms with Crippen LogP contribution in [0.4, 0.5) is 19.1 Å². The van der Waals surface area contributed by atoms with Crippen molar-refractivity contribution in [1.82, 2.24) is 24.5 Å². The fourth-order valence-corrected chi connectivity index (χ4v) is 2.63. The first-order valence-electron chi connectivity index (χ1n) is 7.59. The molecule has 0 atom stereocenters. The number of hydrogen-bond acceptors (Lipinski definition) is 6. The lowest BCUT2D eigenvalue weighted by Crippen LogP contribution is -2.37. The topological polar surface area (TPSA) is 69.0 Å². The zero-order chi connectivity index (χ0) is 17.4. The van der Waals surface area contributed by atoms with Crippen LogP contribution < -0.4 is 4.90 Å². The molecule has 1 aliphatic heterocycles. The number of morpholine rings is 1. The largest absolute Gasteiger partial charge is 0.433 e. The lowest BCUT2D eigenvalue weighted by atomic mass is 10.3. The average molecular weight is 350 g/mol. The Morgan fingerprint density at radius 1 is 1.08 bits per heavy atom. The molecule has 25 heavy (non-hydrogen) atoms. The van der Waals surface area contributed by atoms with E-state index in [0.717, 1.165) is 12.3 Å². The van der Waals surface area contributed by atoms with Gasteiger partial charge in [-0.3, -0.25) is 9.55 Å². The first kappa shape index (κ1) is 15.8. The fourth-order valence-electron chi connectivity index (χ4n) is 2.63. The highest BCUT2D eigenvalue weighted by Crippen LogP contribution is 2.29. The highest BCUT2D eigenvalue weighted by molar-refractivity contribution is 5.73.